The number of nitrogens with zero attached hydrogens (tertiary/aromatic N) is 3. The van der Waals surface area contributed by atoms with E-state index in [2.05, 4.69) is 24.8 Å². The van der Waals surface area contributed by atoms with E-state index in [-0.39, 0.29) is 5.91 Å². The van der Waals surface area contributed by atoms with Gasteiger partial charge in [-0.25, -0.2) is 0 Å². The van der Waals surface area contributed by atoms with E-state index in [9.17, 15) is 4.79 Å². The quantitative estimate of drug-likeness (QED) is 0.642. The molecule has 0 radical (unpaired) electrons. The minimum Gasteiger partial charge on any atom is -0.345 e. The molecule has 4 nitrogen and oxygen atoms in total. The highest BCUT2D eigenvalue weighted by molar-refractivity contribution is 5.76. The van der Waals surface area contributed by atoms with Crippen LogP contribution in [0, 0.1) is 17.2 Å². The van der Waals surface area contributed by atoms with E-state index in [1.165, 1.54) is 19.3 Å². The van der Waals surface area contributed by atoms with Crippen molar-refractivity contribution in [2.75, 3.05) is 26.7 Å². The second-order valence-electron chi connectivity index (χ2n) is 5.92. The molecule has 0 aromatic carbocycles. The first kappa shape index (κ1) is 16.0. The fourth-order valence-electron chi connectivity index (χ4n) is 2.11. The predicted molar refractivity (Wildman–Crippen MR) is 76.5 cm³/mol. The van der Waals surface area contributed by atoms with Crippen LogP contribution in [0.25, 0.3) is 0 Å². The van der Waals surface area contributed by atoms with Crippen molar-refractivity contribution in [3.05, 3.63) is 0 Å². The van der Waals surface area contributed by atoms with Gasteiger partial charge in [-0.2, -0.15) is 5.26 Å². The van der Waals surface area contributed by atoms with Crippen molar-refractivity contribution in [1.82, 2.24) is 9.80 Å². The van der Waals surface area contributed by atoms with E-state index in [4.69, 9.17) is 5.26 Å². The van der Waals surface area contributed by atoms with Gasteiger partial charge in [-0.1, -0.05) is 13.8 Å². The summed E-state index contributed by atoms with van der Waals surface area (Å²) >= 11 is 0. The number of carbonyl (C=O) groups excluding carboxylic acids is 1. The Morgan fingerprint density at radius 2 is 2.00 bits per heavy atom. The van der Waals surface area contributed by atoms with Crippen LogP contribution in [-0.2, 0) is 4.79 Å². The van der Waals surface area contributed by atoms with E-state index in [1.807, 2.05) is 0 Å². The van der Waals surface area contributed by atoms with Crippen molar-refractivity contribution in [2.45, 2.75) is 52.0 Å². The molecule has 0 bridgehead atoms. The van der Waals surface area contributed by atoms with Crippen LogP contribution in [0.2, 0.25) is 0 Å². The van der Waals surface area contributed by atoms with Crippen LogP contribution in [0.5, 0.6) is 0 Å². The molecule has 1 amide bonds. The smallest absolute Gasteiger partial charge is 0.223 e. The maximum absolute atomic E-state index is 11.9. The van der Waals surface area contributed by atoms with Gasteiger partial charge in [0.05, 0.1) is 12.5 Å². The van der Waals surface area contributed by atoms with Crippen molar-refractivity contribution < 1.29 is 4.79 Å². The molecule has 0 heterocycles. The maximum atomic E-state index is 11.9. The highest BCUT2D eigenvalue weighted by Gasteiger charge is 2.28. The van der Waals surface area contributed by atoms with Crippen LogP contribution in [0.4, 0.5) is 0 Å². The SMILES string of the molecule is CC(C)CCN(CCC(=O)N(C)CCC#N)C1CC1. The van der Waals surface area contributed by atoms with Crippen molar-refractivity contribution in [3.63, 3.8) is 0 Å². The molecule has 1 fully saturated rings. The summed E-state index contributed by atoms with van der Waals surface area (Å²) in [5.41, 5.74) is 0. The average molecular weight is 265 g/mol. The van der Waals surface area contributed by atoms with Crippen molar-refractivity contribution in [2.24, 2.45) is 5.92 Å². The predicted octanol–water partition coefficient (Wildman–Crippen LogP) is 2.26. The molecule has 0 aromatic rings. The van der Waals surface area contributed by atoms with Gasteiger partial charge in [-0.3, -0.25) is 9.69 Å². The molecule has 1 aliphatic carbocycles. The Labute approximate surface area is 117 Å². The largest absolute Gasteiger partial charge is 0.345 e. The number of hydrogen-bond acceptors (Lipinski definition) is 3. The van der Waals surface area contributed by atoms with Crippen LogP contribution < -0.4 is 0 Å². The second-order valence-corrected chi connectivity index (χ2v) is 5.92. The zero-order chi connectivity index (χ0) is 14.3. The molecule has 1 aliphatic rings. The zero-order valence-corrected chi connectivity index (χ0v) is 12.6. The van der Waals surface area contributed by atoms with E-state index in [0.29, 0.717) is 19.4 Å². The first-order chi connectivity index (χ1) is 9.04. The summed E-state index contributed by atoms with van der Waals surface area (Å²) in [6, 6.07) is 2.79. The van der Waals surface area contributed by atoms with Crippen LogP contribution in [0.3, 0.4) is 0 Å². The molecule has 1 rings (SSSR count). The first-order valence-corrected chi connectivity index (χ1v) is 7.39. The van der Waals surface area contributed by atoms with E-state index in [0.717, 1.165) is 25.0 Å². The topological polar surface area (TPSA) is 47.3 Å². The Morgan fingerprint density at radius 3 is 2.53 bits per heavy atom. The minimum atomic E-state index is 0.158. The molecule has 0 aromatic heterocycles. The first-order valence-electron chi connectivity index (χ1n) is 7.39. The summed E-state index contributed by atoms with van der Waals surface area (Å²) in [6.45, 7) is 7.01. The van der Waals surface area contributed by atoms with Gasteiger partial charge in [-0.15, -0.1) is 0 Å². The minimum absolute atomic E-state index is 0.158. The van der Waals surface area contributed by atoms with Gasteiger partial charge in [0.25, 0.3) is 0 Å². The third-order valence-corrected chi connectivity index (χ3v) is 3.65. The lowest BCUT2D eigenvalue weighted by atomic mass is 10.1. The Morgan fingerprint density at radius 1 is 1.32 bits per heavy atom. The van der Waals surface area contributed by atoms with Gasteiger partial charge in [0.15, 0.2) is 0 Å². The van der Waals surface area contributed by atoms with Crippen molar-refractivity contribution in [3.8, 4) is 6.07 Å². The second kappa shape index (κ2) is 8.16. The van der Waals surface area contributed by atoms with Gasteiger partial charge in [0.2, 0.25) is 5.91 Å². The zero-order valence-electron chi connectivity index (χ0n) is 12.6. The Kier molecular flexibility index (Phi) is 6.86. The Bertz CT molecular complexity index is 318. The van der Waals surface area contributed by atoms with Gasteiger partial charge >= 0.3 is 0 Å². The molecule has 0 atom stereocenters. The van der Waals surface area contributed by atoms with Crippen LogP contribution in [-0.4, -0.2) is 48.4 Å². The van der Waals surface area contributed by atoms with Gasteiger partial charge in [0.1, 0.15) is 0 Å². The number of rotatable bonds is 9. The fourth-order valence-corrected chi connectivity index (χ4v) is 2.11. The third kappa shape index (κ3) is 6.58. The van der Waals surface area contributed by atoms with Crippen LogP contribution >= 0.6 is 0 Å². The van der Waals surface area contributed by atoms with E-state index < -0.39 is 0 Å². The normalized spacial score (nSPS) is 14.7. The fraction of sp³-hybridized carbons (Fsp3) is 0.867. The van der Waals surface area contributed by atoms with Crippen molar-refractivity contribution >= 4 is 5.91 Å². The summed E-state index contributed by atoms with van der Waals surface area (Å²) in [7, 11) is 1.79. The standard InChI is InChI=1S/C15H27N3O/c1-13(2)7-11-18(14-5-6-14)12-8-15(19)17(3)10-4-9-16/h13-14H,4-8,10-12H2,1-3H3. The summed E-state index contributed by atoms with van der Waals surface area (Å²) in [4.78, 5) is 16.1. The summed E-state index contributed by atoms with van der Waals surface area (Å²) in [5, 5.41) is 8.52. The summed E-state index contributed by atoms with van der Waals surface area (Å²) in [6.07, 6.45) is 4.78. The molecule has 0 unspecified atom stereocenters. The lowest BCUT2D eigenvalue weighted by Gasteiger charge is -2.24. The molecule has 19 heavy (non-hydrogen) atoms. The molecular weight excluding hydrogens is 238 g/mol. The molecule has 0 spiro atoms. The summed E-state index contributed by atoms with van der Waals surface area (Å²) < 4.78 is 0. The lowest BCUT2D eigenvalue weighted by Crippen LogP contribution is -2.34. The van der Waals surface area contributed by atoms with Gasteiger partial charge < -0.3 is 4.90 Å². The highest BCUT2D eigenvalue weighted by atomic mass is 16.2. The molecule has 0 aliphatic heterocycles. The monoisotopic (exact) mass is 265 g/mol. The number of amides is 1. The molecular formula is C15H27N3O. The molecule has 0 saturated heterocycles. The third-order valence-electron chi connectivity index (χ3n) is 3.65. The molecule has 1 saturated carbocycles. The van der Waals surface area contributed by atoms with Crippen molar-refractivity contribution in [1.29, 1.82) is 5.26 Å². The summed E-state index contributed by atoms with van der Waals surface area (Å²) in [5.74, 6) is 0.876. The lowest BCUT2D eigenvalue weighted by molar-refractivity contribution is -0.130. The van der Waals surface area contributed by atoms with Crippen LogP contribution in [0.15, 0.2) is 0 Å². The molecule has 108 valence electrons. The number of carbonyl (C=O) groups is 1. The van der Waals surface area contributed by atoms with Gasteiger partial charge in [0, 0.05) is 32.6 Å². The number of hydrogen-bond donors (Lipinski definition) is 0. The van der Waals surface area contributed by atoms with Crippen LogP contribution in [0.1, 0.15) is 46.0 Å². The molecule has 0 N–H and O–H groups in total. The Balaban J connectivity index is 2.27. The van der Waals surface area contributed by atoms with E-state index >= 15 is 0 Å². The highest BCUT2D eigenvalue weighted by Crippen LogP contribution is 2.27. The maximum Gasteiger partial charge on any atom is 0.223 e. The average Bonchev–Trinajstić information content (AvgIpc) is 3.19. The van der Waals surface area contributed by atoms with E-state index in [1.54, 1.807) is 11.9 Å². The molecule has 4 heteroatoms. The number of nitriles is 1. The van der Waals surface area contributed by atoms with Gasteiger partial charge in [-0.05, 0) is 31.7 Å². The Hall–Kier alpha value is -1.08.